The summed E-state index contributed by atoms with van der Waals surface area (Å²) in [5, 5.41) is 4.89. The van der Waals surface area contributed by atoms with E-state index in [0.29, 0.717) is 30.3 Å². The number of carbonyl (C=O) groups excluding carboxylic acids is 3. The van der Waals surface area contributed by atoms with E-state index in [1.807, 2.05) is 0 Å². The fraction of sp³-hybridized carbons (Fsp3) is 0.467. The Kier molecular flexibility index (Phi) is 5.86. The van der Waals surface area contributed by atoms with Crippen LogP contribution in [0, 0.1) is 0 Å². The van der Waals surface area contributed by atoms with Crippen LogP contribution in [-0.2, 0) is 25.5 Å². The molecule has 7 nitrogen and oxygen atoms in total. The number of rotatable bonds is 7. The van der Waals surface area contributed by atoms with Gasteiger partial charge in [-0.1, -0.05) is 6.08 Å². The van der Waals surface area contributed by atoms with Crippen molar-refractivity contribution in [3.63, 3.8) is 0 Å². The van der Waals surface area contributed by atoms with E-state index in [1.165, 1.54) is 18.3 Å². The fourth-order valence-electron chi connectivity index (χ4n) is 2.11. The van der Waals surface area contributed by atoms with Crippen molar-refractivity contribution in [3.05, 3.63) is 23.7 Å². The first-order valence-corrected chi connectivity index (χ1v) is 8.22. The maximum absolute atomic E-state index is 11.9. The average molecular weight is 337 g/mol. The highest BCUT2D eigenvalue weighted by atomic mass is 32.1. The third-order valence-corrected chi connectivity index (χ3v) is 4.18. The quantitative estimate of drug-likeness (QED) is 0.593. The van der Waals surface area contributed by atoms with Gasteiger partial charge in [-0.2, -0.15) is 0 Å². The smallest absolute Gasteiger partial charge is 0.312 e. The minimum Gasteiger partial charge on any atom is -0.452 e. The molecular weight excluding hydrogens is 318 g/mol. The van der Waals surface area contributed by atoms with Crippen molar-refractivity contribution in [1.82, 2.24) is 10.3 Å². The Morgan fingerprint density at radius 1 is 1.61 bits per heavy atom. The van der Waals surface area contributed by atoms with Crippen molar-refractivity contribution >= 4 is 34.3 Å². The molecule has 2 amide bonds. The van der Waals surface area contributed by atoms with Crippen molar-refractivity contribution in [3.8, 4) is 0 Å². The van der Waals surface area contributed by atoms with E-state index in [-0.39, 0.29) is 18.2 Å². The SMILES string of the molecule is C=CCNC(=O)C(C)OC(=O)Cc1csc(N2CCCC2=O)n1. The Hall–Kier alpha value is -2.22. The lowest BCUT2D eigenvalue weighted by Gasteiger charge is -2.12. The van der Waals surface area contributed by atoms with E-state index in [9.17, 15) is 14.4 Å². The van der Waals surface area contributed by atoms with Gasteiger partial charge in [0.05, 0.1) is 12.1 Å². The number of esters is 1. The first kappa shape index (κ1) is 17.1. The van der Waals surface area contributed by atoms with Crippen LogP contribution in [0.4, 0.5) is 5.13 Å². The van der Waals surface area contributed by atoms with E-state index >= 15 is 0 Å². The van der Waals surface area contributed by atoms with Crippen LogP contribution in [0.5, 0.6) is 0 Å². The van der Waals surface area contributed by atoms with Gasteiger partial charge in [-0.25, -0.2) is 4.98 Å². The molecule has 1 aliphatic heterocycles. The number of ether oxygens (including phenoxy) is 1. The molecule has 23 heavy (non-hydrogen) atoms. The summed E-state index contributed by atoms with van der Waals surface area (Å²) in [6.07, 6.45) is 2.00. The van der Waals surface area contributed by atoms with Crippen LogP contribution in [0.15, 0.2) is 18.0 Å². The highest BCUT2D eigenvalue weighted by Gasteiger charge is 2.25. The van der Waals surface area contributed by atoms with Crippen LogP contribution >= 0.6 is 11.3 Å². The fourth-order valence-corrected chi connectivity index (χ4v) is 2.98. The van der Waals surface area contributed by atoms with Gasteiger partial charge < -0.3 is 10.1 Å². The molecule has 0 saturated carbocycles. The van der Waals surface area contributed by atoms with Crippen molar-refractivity contribution in [2.75, 3.05) is 18.0 Å². The molecule has 0 aromatic carbocycles. The summed E-state index contributed by atoms with van der Waals surface area (Å²) in [5.41, 5.74) is 0.536. The summed E-state index contributed by atoms with van der Waals surface area (Å²) in [7, 11) is 0. The number of carbonyl (C=O) groups is 3. The van der Waals surface area contributed by atoms with E-state index < -0.39 is 12.1 Å². The molecule has 1 atom stereocenters. The molecule has 0 radical (unpaired) electrons. The maximum Gasteiger partial charge on any atom is 0.312 e. The third kappa shape index (κ3) is 4.62. The Morgan fingerprint density at radius 3 is 3.04 bits per heavy atom. The Balaban J connectivity index is 1.86. The lowest BCUT2D eigenvalue weighted by molar-refractivity contribution is -0.154. The Morgan fingerprint density at radius 2 is 2.39 bits per heavy atom. The van der Waals surface area contributed by atoms with Crippen molar-refractivity contribution in [1.29, 1.82) is 0 Å². The normalized spacial score (nSPS) is 15.3. The predicted octanol–water partition coefficient (Wildman–Crippen LogP) is 1.05. The van der Waals surface area contributed by atoms with Gasteiger partial charge in [0.1, 0.15) is 0 Å². The highest BCUT2D eigenvalue weighted by molar-refractivity contribution is 7.14. The number of anilines is 1. The van der Waals surface area contributed by atoms with Crippen LogP contribution < -0.4 is 10.2 Å². The zero-order chi connectivity index (χ0) is 16.8. The Bertz CT molecular complexity index is 614. The van der Waals surface area contributed by atoms with Crippen LogP contribution in [0.1, 0.15) is 25.5 Å². The van der Waals surface area contributed by atoms with E-state index in [1.54, 1.807) is 16.4 Å². The predicted molar refractivity (Wildman–Crippen MR) is 86.2 cm³/mol. The first-order chi connectivity index (χ1) is 11.0. The maximum atomic E-state index is 11.9. The van der Waals surface area contributed by atoms with Gasteiger partial charge in [0.2, 0.25) is 5.91 Å². The summed E-state index contributed by atoms with van der Waals surface area (Å²) in [5.74, 6) is -0.850. The van der Waals surface area contributed by atoms with Crippen LogP contribution in [0.2, 0.25) is 0 Å². The minimum atomic E-state index is -0.874. The number of thiazole rings is 1. The van der Waals surface area contributed by atoms with E-state index in [0.717, 1.165) is 6.42 Å². The number of nitrogens with zero attached hydrogens (tertiary/aromatic N) is 2. The molecule has 1 aromatic heterocycles. The number of hydrogen-bond donors (Lipinski definition) is 1. The third-order valence-electron chi connectivity index (χ3n) is 3.27. The summed E-state index contributed by atoms with van der Waals surface area (Å²) < 4.78 is 5.07. The zero-order valence-electron chi connectivity index (χ0n) is 12.9. The minimum absolute atomic E-state index is 0.0301. The van der Waals surface area contributed by atoms with Crippen molar-refractivity contribution in [2.45, 2.75) is 32.3 Å². The number of aromatic nitrogens is 1. The topological polar surface area (TPSA) is 88.6 Å². The summed E-state index contributed by atoms with van der Waals surface area (Å²) >= 11 is 1.32. The van der Waals surface area contributed by atoms with Gasteiger partial charge >= 0.3 is 5.97 Å². The van der Waals surface area contributed by atoms with Crippen LogP contribution in [-0.4, -0.2) is 42.0 Å². The molecule has 124 valence electrons. The van der Waals surface area contributed by atoms with Gasteiger partial charge in [-0.3, -0.25) is 19.3 Å². The molecular formula is C15H19N3O4S. The molecule has 1 N–H and O–H groups in total. The summed E-state index contributed by atoms with van der Waals surface area (Å²) in [6.45, 7) is 5.98. The van der Waals surface area contributed by atoms with Gasteiger partial charge in [-0.15, -0.1) is 17.9 Å². The number of hydrogen-bond acceptors (Lipinski definition) is 6. The second-order valence-electron chi connectivity index (χ2n) is 5.11. The second kappa shape index (κ2) is 7.87. The van der Waals surface area contributed by atoms with Crippen LogP contribution in [0.25, 0.3) is 0 Å². The standard InChI is InChI=1S/C15H19N3O4S/c1-3-6-16-14(21)10(2)22-13(20)8-11-9-23-15(17-11)18-7-4-5-12(18)19/h3,9-10H,1,4-8H2,2H3,(H,16,21). The van der Waals surface area contributed by atoms with E-state index in [2.05, 4.69) is 16.9 Å². The summed E-state index contributed by atoms with van der Waals surface area (Å²) in [4.78, 5) is 41.1. The lowest BCUT2D eigenvalue weighted by atomic mass is 10.3. The second-order valence-corrected chi connectivity index (χ2v) is 5.95. The largest absolute Gasteiger partial charge is 0.452 e. The highest BCUT2D eigenvalue weighted by Crippen LogP contribution is 2.25. The average Bonchev–Trinajstić information content (AvgIpc) is 3.13. The lowest BCUT2D eigenvalue weighted by Crippen LogP contribution is -2.36. The molecule has 8 heteroatoms. The Labute approximate surface area is 138 Å². The molecule has 0 spiro atoms. The van der Waals surface area contributed by atoms with Crippen LogP contribution in [0.3, 0.4) is 0 Å². The van der Waals surface area contributed by atoms with Gasteiger partial charge in [0, 0.05) is 24.9 Å². The van der Waals surface area contributed by atoms with Crippen molar-refractivity contribution < 1.29 is 19.1 Å². The van der Waals surface area contributed by atoms with E-state index in [4.69, 9.17) is 4.74 Å². The van der Waals surface area contributed by atoms with Crippen molar-refractivity contribution in [2.24, 2.45) is 0 Å². The summed E-state index contributed by atoms with van der Waals surface area (Å²) in [6, 6.07) is 0. The molecule has 1 unspecified atom stereocenters. The zero-order valence-corrected chi connectivity index (χ0v) is 13.7. The molecule has 2 rings (SSSR count). The molecule has 1 fully saturated rings. The van der Waals surface area contributed by atoms with Gasteiger partial charge in [0.15, 0.2) is 11.2 Å². The van der Waals surface area contributed by atoms with Gasteiger partial charge in [-0.05, 0) is 13.3 Å². The monoisotopic (exact) mass is 337 g/mol. The molecule has 0 bridgehead atoms. The molecule has 1 saturated heterocycles. The van der Waals surface area contributed by atoms with Gasteiger partial charge in [0.25, 0.3) is 5.91 Å². The number of nitrogens with one attached hydrogen (secondary N) is 1. The number of amides is 2. The first-order valence-electron chi connectivity index (χ1n) is 7.34. The molecule has 1 aliphatic rings. The molecule has 0 aliphatic carbocycles. The molecule has 1 aromatic rings. The molecule has 2 heterocycles.